The Kier molecular flexibility index (Phi) is 5.78. The van der Waals surface area contributed by atoms with E-state index in [2.05, 4.69) is 5.32 Å². The van der Waals surface area contributed by atoms with Crippen LogP contribution < -0.4 is 5.32 Å². The Morgan fingerprint density at radius 3 is 2.76 bits per heavy atom. The number of anilines is 1. The molecule has 0 unspecified atom stereocenters. The van der Waals surface area contributed by atoms with E-state index in [-0.39, 0.29) is 24.6 Å². The molecule has 0 saturated carbocycles. The second-order valence-corrected chi connectivity index (χ2v) is 6.64. The van der Waals surface area contributed by atoms with Crippen LogP contribution >= 0.6 is 11.6 Å². The molecule has 0 aliphatic carbocycles. The SMILES string of the molecule is O=C(c1ccc(Cl)c(NC(=O)N2CCOC[C@H]2CO)c1)N1CCCC1. The molecule has 8 heteroatoms. The van der Waals surface area contributed by atoms with Gasteiger partial charge in [0.05, 0.1) is 36.6 Å². The summed E-state index contributed by atoms with van der Waals surface area (Å²) < 4.78 is 5.28. The van der Waals surface area contributed by atoms with Crippen molar-refractivity contribution < 1.29 is 19.4 Å². The van der Waals surface area contributed by atoms with Gasteiger partial charge in [-0.3, -0.25) is 4.79 Å². The summed E-state index contributed by atoms with van der Waals surface area (Å²) in [5.41, 5.74) is 0.891. The van der Waals surface area contributed by atoms with E-state index in [4.69, 9.17) is 16.3 Å². The van der Waals surface area contributed by atoms with Gasteiger partial charge in [-0.2, -0.15) is 0 Å². The van der Waals surface area contributed by atoms with Crippen LogP contribution in [0.2, 0.25) is 5.02 Å². The van der Waals surface area contributed by atoms with Crippen molar-refractivity contribution in [2.75, 3.05) is 44.8 Å². The second-order valence-electron chi connectivity index (χ2n) is 6.23. The first-order chi connectivity index (χ1) is 12.1. The molecule has 0 spiro atoms. The fraction of sp³-hybridized carbons (Fsp3) is 0.529. The molecule has 25 heavy (non-hydrogen) atoms. The van der Waals surface area contributed by atoms with Gasteiger partial charge in [0.2, 0.25) is 0 Å². The molecule has 2 saturated heterocycles. The summed E-state index contributed by atoms with van der Waals surface area (Å²) >= 11 is 6.18. The molecule has 0 bridgehead atoms. The number of rotatable bonds is 3. The van der Waals surface area contributed by atoms with Crippen molar-refractivity contribution in [3.05, 3.63) is 28.8 Å². The predicted octanol–water partition coefficient (Wildman–Crippen LogP) is 1.80. The van der Waals surface area contributed by atoms with Gasteiger partial charge in [-0.25, -0.2) is 4.79 Å². The molecule has 1 atom stereocenters. The molecule has 2 aliphatic heterocycles. The molecule has 2 heterocycles. The molecule has 7 nitrogen and oxygen atoms in total. The number of ether oxygens (including phenoxy) is 1. The van der Waals surface area contributed by atoms with Gasteiger partial charge >= 0.3 is 6.03 Å². The lowest BCUT2D eigenvalue weighted by atomic mass is 10.1. The average Bonchev–Trinajstić information content (AvgIpc) is 3.17. The number of carbonyl (C=O) groups is 2. The molecule has 136 valence electrons. The van der Waals surface area contributed by atoms with Gasteiger partial charge in [-0.15, -0.1) is 0 Å². The fourth-order valence-electron chi connectivity index (χ4n) is 3.12. The van der Waals surface area contributed by atoms with Crippen LogP contribution in [0.15, 0.2) is 18.2 Å². The number of likely N-dealkylation sites (tertiary alicyclic amines) is 1. The summed E-state index contributed by atoms with van der Waals surface area (Å²) in [6.45, 7) is 2.45. The zero-order chi connectivity index (χ0) is 17.8. The minimum atomic E-state index is -0.387. The Labute approximate surface area is 151 Å². The number of halogens is 1. The number of aliphatic hydroxyl groups is 1. The van der Waals surface area contributed by atoms with Crippen molar-refractivity contribution in [1.82, 2.24) is 9.80 Å². The zero-order valence-corrected chi connectivity index (χ0v) is 14.7. The van der Waals surface area contributed by atoms with Gasteiger partial charge in [0.25, 0.3) is 5.91 Å². The van der Waals surface area contributed by atoms with E-state index < -0.39 is 0 Å². The average molecular weight is 368 g/mol. The molecule has 2 N–H and O–H groups in total. The van der Waals surface area contributed by atoms with Crippen LogP contribution in [0.25, 0.3) is 0 Å². The first-order valence-corrected chi connectivity index (χ1v) is 8.83. The van der Waals surface area contributed by atoms with Crippen LogP contribution in [0.3, 0.4) is 0 Å². The van der Waals surface area contributed by atoms with Crippen LogP contribution in [0, 0.1) is 0 Å². The minimum absolute atomic E-state index is 0.0516. The third-order valence-electron chi connectivity index (χ3n) is 4.55. The normalized spacial score (nSPS) is 20.6. The van der Waals surface area contributed by atoms with E-state index in [9.17, 15) is 14.7 Å². The van der Waals surface area contributed by atoms with Gasteiger partial charge in [-0.05, 0) is 31.0 Å². The molecule has 3 amide bonds. The Bertz CT molecular complexity index is 649. The monoisotopic (exact) mass is 367 g/mol. The first-order valence-electron chi connectivity index (χ1n) is 8.45. The highest BCUT2D eigenvalue weighted by atomic mass is 35.5. The molecule has 1 aromatic carbocycles. The van der Waals surface area contributed by atoms with Crippen LogP contribution in [-0.2, 0) is 4.74 Å². The number of benzene rings is 1. The molecular weight excluding hydrogens is 346 g/mol. The number of aliphatic hydroxyl groups excluding tert-OH is 1. The highest BCUT2D eigenvalue weighted by molar-refractivity contribution is 6.33. The summed E-state index contributed by atoms with van der Waals surface area (Å²) in [7, 11) is 0. The van der Waals surface area contributed by atoms with Gasteiger partial charge in [-0.1, -0.05) is 11.6 Å². The van der Waals surface area contributed by atoms with Crippen molar-refractivity contribution >= 4 is 29.2 Å². The van der Waals surface area contributed by atoms with Crippen LogP contribution in [-0.4, -0.2) is 72.3 Å². The summed E-state index contributed by atoms with van der Waals surface area (Å²) in [4.78, 5) is 28.4. The highest BCUT2D eigenvalue weighted by Gasteiger charge is 2.27. The highest BCUT2D eigenvalue weighted by Crippen LogP contribution is 2.25. The van der Waals surface area contributed by atoms with Crippen LogP contribution in [0.5, 0.6) is 0 Å². The smallest absolute Gasteiger partial charge is 0.322 e. The number of carbonyl (C=O) groups excluding carboxylic acids is 2. The maximum Gasteiger partial charge on any atom is 0.322 e. The van der Waals surface area contributed by atoms with Crippen molar-refractivity contribution in [2.45, 2.75) is 18.9 Å². The fourth-order valence-corrected chi connectivity index (χ4v) is 3.28. The Hall–Kier alpha value is -1.83. The predicted molar refractivity (Wildman–Crippen MR) is 94.0 cm³/mol. The van der Waals surface area contributed by atoms with E-state index in [1.54, 1.807) is 23.1 Å². The number of nitrogens with one attached hydrogen (secondary N) is 1. The van der Waals surface area contributed by atoms with Crippen LogP contribution in [0.1, 0.15) is 23.2 Å². The lowest BCUT2D eigenvalue weighted by Crippen LogP contribution is -2.52. The summed E-state index contributed by atoms with van der Waals surface area (Å²) in [5.74, 6) is -0.0516. The topological polar surface area (TPSA) is 82.1 Å². The number of urea groups is 1. The maximum atomic E-state index is 12.5. The van der Waals surface area contributed by atoms with Crippen molar-refractivity contribution in [1.29, 1.82) is 0 Å². The number of hydrogen-bond acceptors (Lipinski definition) is 4. The van der Waals surface area contributed by atoms with Crippen molar-refractivity contribution in [3.63, 3.8) is 0 Å². The van der Waals surface area contributed by atoms with E-state index in [0.717, 1.165) is 25.9 Å². The number of nitrogens with zero attached hydrogens (tertiary/aromatic N) is 2. The second kappa shape index (κ2) is 8.03. The molecule has 2 fully saturated rings. The Balaban J connectivity index is 1.74. The number of amides is 3. The molecule has 1 aromatic rings. The standard InChI is InChI=1S/C17H22ClN3O4/c18-14-4-3-12(16(23)20-5-1-2-6-20)9-15(14)19-17(24)21-7-8-25-11-13(21)10-22/h3-4,9,13,22H,1-2,5-8,10-11H2,(H,19,24)/t13-/m1/s1. The first kappa shape index (κ1) is 18.0. The van der Waals surface area contributed by atoms with E-state index in [1.807, 2.05) is 0 Å². The zero-order valence-electron chi connectivity index (χ0n) is 13.9. The largest absolute Gasteiger partial charge is 0.394 e. The number of morpholine rings is 1. The molecule has 3 rings (SSSR count). The maximum absolute atomic E-state index is 12.5. The lowest BCUT2D eigenvalue weighted by Gasteiger charge is -2.34. The van der Waals surface area contributed by atoms with E-state index in [1.165, 1.54) is 4.90 Å². The van der Waals surface area contributed by atoms with E-state index >= 15 is 0 Å². The molecular formula is C17H22ClN3O4. The van der Waals surface area contributed by atoms with Gasteiger partial charge in [0.1, 0.15) is 0 Å². The quantitative estimate of drug-likeness (QED) is 0.853. The summed E-state index contributed by atoms with van der Waals surface area (Å²) in [6, 6.07) is 4.14. The molecule has 0 radical (unpaired) electrons. The Morgan fingerprint density at radius 2 is 2.04 bits per heavy atom. The number of hydrogen-bond donors (Lipinski definition) is 2. The van der Waals surface area contributed by atoms with Gasteiger partial charge < -0.3 is 25.0 Å². The van der Waals surface area contributed by atoms with E-state index in [0.29, 0.717) is 36.0 Å². The Morgan fingerprint density at radius 1 is 1.28 bits per heavy atom. The van der Waals surface area contributed by atoms with Gasteiger partial charge in [0.15, 0.2) is 0 Å². The van der Waals surface area contributed by atoms with Crippen molar-refractivity contribution in [3.8, 4) is 0 Å². The van der Waals surface area contributed by atoms with Crippen molar-refractivity contribution in [2.24, 2.45) is 0 Å². The lowest BCUT2D eigenvalue weighted by molar-refractivity contribution is -0.00485. The third kappa shape index (κ3) is 4.05. The third-order valence-corrected chi connectivity index (χ3v) is 4.88. The minimum Gasteiger partial charge on any atom is -0.394 e. The van der Waals surface area contributed by atoms with Gasteiger partial charge in [0, 0.05) is 25.2 Å². The molecule has 2 aliphatic rings. The van der Waals surface area contributed by atoms with Crippen LogP contribution in [0.4, 0.5) is 10.5 Å². The molecule has 0 aromatic heterocycles. The summed E-state index contributed by atoms with van der Waals surface area (Å²) in [5, 5.41) is 12.5. The summed E-state index contributed by atoms with van der Waals surface area (Å²) in [6.07, 6.45) is 2.03.